The minimum atomic E-state index is -2.65. The van der Waals surface area contributed by atoms with Crippen LogP contribution < -0.4 is 10.6 Å². The first-order valence-electron chi connectivity index (χ1n) is 5.46. The molecule has 0 N–H and O–H groups in total. The molecule has 0 saturated heterocycles. The van der Waals surface area contributed by atoms with Crippen molar-refractivity contribution in [2.24, 2.45) is 0 Å². The Morgan fingerprint density at radius 2 is 1.19 bits per heavy atom. The van der Waals surface area contributed by atoms with Crippen LogP contribution in [0.3, 0.4) is 0 Å². The van der Waals surface area contributed by atoms with Crippen molar-refractivity contribution in [2.45, 2.75) is 6.92 Å². The Bertz CT molecular complexity index is 399. The topological polar surface area (TPSA) is 0 Å². The molecular weight excluding hydrogens is 218 g/mol. The van der Waals surface area contributed by atoms with Crippen molar-refractivity contribution in [3.63, 3.8) is 0 Å². The third-order valence-corrected chi connectivity index (χ3v) is 5.87. The molecule has 0 nitrogen and oxygen atoms in total. The average molecular weight is 233 g/mol. The van der Waals surface area contributed by atoms with Crippen molar-refractivity contribution >= 4 is 18.2 Å². The summed E-state index contributed by atoms with van der Waals surface area (Å²) in [4.78, 5) is 0. The zero-order chi connectivity index (χ0) is 11.4. The molecule has 0 aliphatic heterocycles. The van der Waals surface area contributed by atoms with Crippen LogP contribution in [0.25, 0.3) is 0 Å². The Kier molecular flexibility index (Phi) is 3.36. The minimum absolute atomic E-state index is 0.557. The minimum Gasteiger partial charge on any atom is -0.224 e. The van der Waals surface area contributed by atoms with E-state index in [1.54, 1.807) is 0 Å². The van der Waals surface area contributed by atoms with Crippen LogP contribution in [0.15, 0.2) is 60.7 Å². The van der Waals surface area contributed by atoms with E-state index in [1.165, 1.54) is 0 Å². The molecule has 0 unspecified atom stereocenters. The van der Waals surface area contributed by atoms with Gasteiger partial charge in [0.1, 0.15) is 0 Å². The molecule has 2 aromatic carbocycles. The van der Waals surface area contributed by atoms with Gasteiger partial charge >= 0.3 is 0 Å². The molecular formula is C14H15FP. The summed E-state index contributed by atoms with van der Waals surface area (Å²) in [5.74, 6) is 0. The van der Waals surface area contributed by atoms with Crippen molar-refractivity contribution in [2.75, 3.05) is 6.16 Å². The van der Waals surface area contributed by atoms with E-state index < -0.39 is 7.57 Å². The predicted octanol–water partition coefficient (Wildman–Crippen LogP) is 3.56. The highest BCUT2D eigenvalue weighted by Gasteiger charge is 2.29. The molecule has 2 rings (SSSR count). The molecule has 0 saturated carbocycles. The third kappa shape index (κ3) is 2.01. The molecule has 0 bridgehead atoms. The van der Waals surface area contributed by atoms with E-state index in [2.05, 4.69) is 0 Å². The van der Waals surface area contributed by atoms with E-state index in [0.717, 1.165) is 10.6 Å². The molecule has 0 aromatic heterocycles. The lowest BCUT2D eigenvalue weighted by Crippen LogP contribution is -2.20. The summed E-state index contributed by atoms with van der Waals surface area (Å²) in [6, 6.07) is 19.0. The van der Waals surface area contributed by atoms with E-state index >= 15 is 4.20 Å². The summed E-state index contributed by atoms with van der Waals surface area (Å²) in [6.07, 6.45) is 0.557. The van der Waals surface area contributed by atoms with Crippen LogP contribution in [0.4, 0.5) is 4.20 Å². The van der Waals surface area contributed by atoms with Gasteiger partial charge in [0.2, 0.25) is 0 Å². The van der Waals surface area contributed by atoms with Crippen LogP contribution in [0.1, 0.15) is 6.92 Å². The summed E-state index contributed by atoms with van der Waals surface area (Å²) < 4.78 is 15.1. The molecule has 0 aliphatic rings. The second-order valence-corrected chi connectivity index (χ2v) is 6.80. The van der Waals surface area contributed by atoms with Crippen LogP contribution >= 0.6 is 7.57 Å². The number of hydrogen-bond acceptors (Lipinski definition) is 0. The first-order valence-corrected chi connectivity index (χ1v) is 7.33. The van der Waals surface area contributed by atoms with Crippen molar-refractivity contribution in [3.8, 4) is 0 Å². The second kappa shape index (κ2) is 4.76. The lowest BCUT2D eigenvalue weighted by molar-refractivity contribution is 0.884. The van der Waals surface area contributed by atoms with Gasteiger partial charge in [-0.15, -0.1) is 0 Å². The maximum Gasteiger partial charge on any atom is 0.0902 e. The fraction of sp³-hybridized carbons (Fsp3) is 0.143. The number of hydrogen-bond donors (Lipinski definition) is 0. The van der Waals surface area contributed by atoms with E-state index in [4.69, 9.17) is 0 Å². The molecule has 0 fully saturated rings. The Morgan fingerprint density at radius 3 is 1.50 bits per heavy atom. The average Bonchev–Trinajstić information content (AvgIpc) is 2.40. The molecule has 83 valence electrons. The van der Waals surface area contributed by atoms with Gasteiger partial charge in [0.05, 0.1) is 7.57 Å². The van der Waals surface area contributed by atoms with Gasteiger partial charge in [-0.1, -0.05) is 67.6 Å². The lowest BCUT2D eigenvalue weighted by Gasteiger charge is -2.26. The van der Waals surface area contributed by atoms with E-state index in [9.17, 15) is 0 Å². The Balaban J connectivity index is 2.49. The van der Waals surface area contributed by atoms with E-state index in [1.807, 2.05) is 67.6 Å². The quantitative estimate of drug-likeness (QED) is 0.711. The van der Waals surface area contributed by atoms with Gasteiger partial charge in [-0.3, -0.25) is 0 Å². The summed E-state index contributed by atoms with van der Waals surface area (Å²) in [5.41, 5.74) is 0. The first kappa shape index (κ1) is 11.3. The maximum atomic E-state index is 15.1. The monoisotopic (exact) mass is 233 g/mol. The van der Waals surface area contributed by atoms with Crippen LogP contribution in [0.2, 0.25) is 0 Å². The maximum absolute atomic E-state index is 15.1. The van der Waals surface area contributed by atoms with Gasteiger partial charge in [-0.05, 0) is 6.16 Å². The zero-order valence-corrected chi connectivity index (χ0v) is 10.2. The standard InChI is InChI=1S/C14H15FP/c1-2-16(15,13-9-5-3-6-10-13)14-11-7-4-8-12-14/h3-12H,2H2,1H3. The summed E-state index contributed by atoms with van der Waals surface area (Å²) in [5, 5.41) is 1.67. The van der Waals surface area contributed by atoms with E-state index in [-0.39, 0.29) is 0 Å². The summed E-state index contributed by atoms with van der Waals surface area (Å²) in [7, 11) is -2.65. The van der Waals surface area contributed by atoms with Crippen molar-refractivity contribution < 1.29 is 4.20 Å². The fourth-order valence-corrected chi connectivity index (χ4v) is 4.16. The van der Waals surface area contributed by atoms with Crippen LogP contribution in [-0.4, -0.2) is 6.16 Å². The third-order valence-electron chi connectivity index (χ3n) is 2.77. The highest BCUT2D eigenvalue weighted by Crippen LogP contribution is 2.57. The number of benzene rings is 2. The smallest absolute Gasteiger partial charge is 0.0902 e. The Morgan fingerprint density at radius 1 is 0.812 bits per heavy atom. The number of rotatable bonds is 3. The number of halogens is 1. The van der Waals surface area contributed by atoms with Crippen LogP contribution in [-0.2, 0) is 0 Å². The van der Waals surface area contributed by atoms with Crippen molar-refractivity contribution in [1.82, 2.24) is 0 Å². The van der Waals surface area contributed by atoms with Crippen molar-refractivity contribution in [3.05, 3.63) is 60.7 Å². The van der Waals surface area contributed by atoms with Gasteiger partial charge in [0.25, 0.3) is 0 Å². The molecule has 0 spiro atoms. The predicted molar refractivity (Wildman–Crippen MR) is 70.7 cm³/mol. The van der Waals surface area contributed by atoms with Crippen molar-refractivity contribution in [1.29, 1.82) is 0 Å². The second-order valence-electron chi connectivity index (χ2n) is 3.70. The molecule has 2 aromatic rings. The SMILES string of the molecule is CC[P](F)(c1ccccc1)c1ccccc1. The van der Waals surface area contributed by atoms with Gasteiger partial charge in [0, 0.05) is 10.6 Å². The molecule has 0 aliphatic carbocycles. The normalized spacial score (nSPS) is 11.4. The summed E-state index contributed by atoms with van der Waals surface area (Å²) >= 11 is 0. The highest BCUT2D eigenvalue weighted by atomic mass is 31.2. The summed E-state index contributed by atoms with van der Waals surface area (Å²) in [6.45, 7) is 1.92. The fourth-order valence-electron chi connectivity index (χ4n) is 1.84. The zero-order valence-electron chi connectivity index (χ0n) is 9.31. The highest BCUT2D eigenvalue weighted by molar-refractivity contribution is 7.85. The van der Waals surface area contributed by atoms with Gasteiger partial charge in [-0.25, -0.2) is 4.20 Å². The molecule has 1 radical (unpaired) electrons. The molecule has 16 heavy (non-hydrogen) atoms. The Labute approximate surface area is 96.6 Å². The molecule has 0 atom stereocenters. The Hall–Kier alpha value is -1.20. The van der Waals surface area contributed by atoms with Gasteiger partial charge in [-0.2, -0.15) is 0 Å². The first-order chi connectivity index (χ1) is 7.77. The molecule has 2 heteroatoms. The van der Waals surface area contributed by atoms with Crippen LogP contribution in [0, 0.1) is 0 Å². The lowest BCUT2D eigenvalue weighted by atomic mass is 10.4. The molecule has 0 heterocycles. The van der Waals surface area contributed by atoms with Crippen LogP contribution in [0.5, 0.6) is 0 Å². The van der Waals surface area contributed by atoms with E-state index in [0.29, 0.717) is 6.16 Å². The largest absolute Gasteiger partial charge is 0.224 e. The molecule has 0 amide bonds. The van der Waals surface area contributed by atoms with Gasteiger partial charge < -0.3 is 0 Å². The van der Waals surface area contributed by atoms with Gasteiger partial charge in [0.15, 0.2) is 0 Å².